The molecular formula is C21H26N2O3S. The van der Waals surface area contributed by atoms with Crippen molar-refractivity contribution >= 4 is 23.6 Å². The molecule has 5 nitrogen and oxygen atoms in total. The summed E-state index contributed by atoms with van der Waals surface area (Å²) in [4.78, 5) is 28.7. The molecule has 2 heterocycles. The van der Waals surface area contributed by atoms with Crippen LogP contribution < -0.4 is 0 Å². The number of benzene rings is 1. The molecule has 1 aliphatic rings. The van der Waals surface area contributed by atoms with Crippen LogP contribution in [0.3, 0.4) is 0 Å². The van der Waals surface area contributed by atoms with E-state index in [1.54, 1.807) is 35.8 Å². The summed E-state index contributed by atoms with van der Waals surface area (Å²) >= 11 is 1.73. The summed E-state index contributed by atoms with van der Waals surface area (Å²) in [6, 6.07) is 11.8. The minimum absolute atomic E-state index is 0.0128. The third kappa shape index (κ3) is 4.38. The summed E-state index contributed by atoms with van der Waals surface area (Å²) in [6.45, 7) is 5.33. The Hall–Kier alpha value is -2.21. The molecule has 0 unspecified atom stereocenters. The zero-order valence-electron chi connectivity index (χ0n) is 16.1. The van der Waals surface area contributed by atoms with Gasteiger partial charge in [-0.1, -0.05) is 36.8 Å². The molecule has 1 aromatic heterocycles. The van der Waals surface area contributed by atoms with Crippen LogP contribution in [0.25, 0.3) is 0 Å². The van der Waals surface area contributed by atoms with E-state index >= 15 is 0 Å². The first-order valence-corrected chi connectivity index (χ1v) is 10.3. The maximum Gasteiger partial charge on any atom is 0.289 e. The first-order chi connectivity index (χ1) is 13.0. The third-order valence-electron chi connectivity index (χ3n) is 4.84. The van der Waals surface area contributed by atoms with Crippen molar-refractivity contribution in [2.45, 2.75) is 37.3 Å². The summed E-state index contributed by atoms with van der Waals surface area (Å²) < 4.78 is 5.17. The van der Waals surface area contributed by atoms with Gasteiger partial charge in [0, 0.05) is 20.1 Å². The summed E-state index contributed by atoms with van der Waals surface area (Å²) in [7, 11) is 1.76. The van der Waals surface area contributed by atoms with E-state index < -0.39 is 0 Å². The van der Waals surface area contributed by atoms with Gasteiger partial charge in [0.15, 0.2) is 5.76 Å². The first kappa shape index (κ1) is 19.5. The Kier molecular flexibility index (Phi) is 6.26. The van der Waals surface area contributed by atoms with Crippen LogP contribution in [-0.2, 0) is 4.79 Å². The van der Waals surface area contributed by atoms with Crippen LogP contribution in [0.1, 0.15) is 46.8 Å². The Morgan fingerprint density at radius 3 is 2.63 bits per heavy atom. The Balaban J connectivity index is 1.63. The van der Waals surface area contributed by atoms with E-state index in [0.717, 1.165) is 18.4 Å². The molecule has 0 aliphatic carbocycles. The highest BCUT2D eigenvalue weighted by atomic mass is 32.2. The second-order valence-corrected chi connectivity index (χ2v) is 8.17. The van der Waals surface area contributed by atoms with Crippen LogP contribution in [0.4, 0.5) is 0 Å². The van der Waals surface area contributed by atoms with E-state index in [0.29, 0.717) is 18.8 Å². The molecule has 1 fully saturated rings. The van der Waals surface area contributed by atoms with Gasteiger partial charge in [-0.15, -0.1) is 11.8 Å². The van der Waals surface area contributed by atoms with E-state index in [1.807, 2.05) is 4.90 Å². The van der Waals surface area contributed by atoms with Gasteiger partial charge in [-0.3, -0.25) is 9.59 Å². The average molecular weight is 387 g/mol. The minimum atomic E-state index is -0.136. The highest BCUT2D eigenvalue weighted by Gasteiger charge is 2.39. The quantitative estimate of drug-likeness (QED) is 0.719. The van der Waals surface area contributed by atoms with Crippen molar-refractivity contribution in [3.63, 3.8) is 0 Å². The Morgan fingerprint density at radius 2 is 2.00 bits per heavy atom. The van der Waals surface area contributed by atoms with E-state index in [1.165, 1.54) is 11.8 Å². The predicted octanol–water partition coefficient (Wildman–Crippen LogP) is 4.10. The number of furan rings is 1. The van der Waals surface area contributed by atoms with E-state index in [9.17, 15) is 9.59 Å². The van der Waals surface area contributed by atoms with Crippen LogP contribution in [-0.4, -0.2) is 47.0 Å². The summed E-state index contributed by atoms with van der Waals surface area (Å²) in [5.41, 5.74) is 2.37. The van der Waals surface area contributed by atoms with E-state index in [4.69, 9.17) is 4.42 Å². The molecule has 2 aromatic rings. The predicted molar refractivity (Wildman–Crippen MR) is 108 cm³/mol. The second-order valence-electron chi connectivity index (χ2n) is 6.89. The number of rotatable bonds is 7. The van der Waals surface area contributed by atoms with Gasteiger partial charge in [0.1, 0.15) is 5.37 Å². The fourth-order valence-corrected chi connectivity index (χ4v) is 4.67. The smallest absolute Gasteiger partial charge is 0.289 e. The zero-order chi connectivity index (χ0) is 19.4. The normalized spacial score (nSPS) is 19.5. The number of hydrogen-bond donors (Lipinski definition) is 0. The van der Waals surface area contributed by atoms with Crippen molar-refractivity contribution in [2.24, 2.45) is 0 Å². The topological polar surface area (TPSA) is 53.8 Å². The van der Waals surface area contributed by atoms with Gasteiger partial charge in [0.05, 0.1) is 11.5 Å². The highest BCUT2D eigenvalue weighted by molar-refractivity contribution is 8.01. The third-order valence-corrected chi connectivity index (χ3v) is 6.49. The van der Waals surface area contributed by atoms with Crippen molar-refractivity contribution in [2.75, 3.05) is 20.1 Å². The molecule has 144 valence electrons. The lowest BCUT2D eigenvalue weighted by Gasteiger charge is -2.25. The lowest BCUT2D eigenvalue weighted by atomic mass is 10.1. The maximum absolute atomic E-state index is 12.8. The lowest BCUT2D eigenvalue weighted by molar-refractivity contribution is -0.130. The fourth-order valence-electron chi connectivity index (χ4n) is 3.24. The number of hydrogen-bond acceptors (Lipinski definition) is 4. The van der Waals surface area contributed by atoms with Crippen LogP contribution >= 0.6 is 11.8 Å². The number of amides is 2. The Morgan fingerprint density at radius 1 is 1.26 bits per heavy atom. The SMILES string of the molecule is CC[C@H]1S[C@H](c2ccc(C)cc2)N(CCCN(C)C(=O)c2ccco2)C1=O. The van der Waals surface area contributed by atoms with Crippen LogP contribution in [0.15, 0.2) is 47.1 Å². The molecule has 2 atom stereocenters. The van der Waals surface area contributed by atoms with E-state index in [2.05, 4.69) is 38.1 Å². The summed E-state index contributed by atoms with van der Waals surface area (Å²) in [6.07, 6.45) is 3.06. The number of aryl methyl sites for hydroxylation is 1. The number of carbonyl (C=O) groups is 2. The Labute approximate surface area is 164 Å². The molecular weight excluding hydrogens is 360 g/mol. The molecule has 2 amide bonds. The van der Waals surface area contributed by atoms with Crippen molar-refractivity contribution in [3.05, 3.63) is 59.5 Å². The molecule has 0 bridgehead atoms. The summed E-state index contributed by atoms with van der Waals surface area (Å²) in [5, 5.41) is 0.0629. The maximum atomic E-state index is 12.8. The molecule has 6 heteroatoms. The molecule has 3 rings (SSSR count). The average Bonchev–Trinajstić information content (AvgIpc) is 3.31. The zero-order valence-corrected chi connectivity index (χ0v) is 16.9. The van der Waals surface area contributed by atoms with Crippen LogP contribution in [0.2, 0.25) is 0 Å². The van der Waals surface area contributed by atoms with Crippen molar-refractivity contribution in [1.82, 2.24) is 9.80 Å². The molecule has 27 heavy (non-hydrogen) atoms. The molecule has 1 aliphatic heterocycles. The van der Waals surface area contributed by atoms with Gasteiger partial charge in [-0.05, 0) is 37.5 Å². The van der Waals surface area contributed by atoms with Gasteiger partial charge < -0.3 is 14.2 Å². The Bertz CT molecular complexity index is 773. The first-order valence-electron chi connectivity index (χ1n) is 9.32. The standard InChI is InChI=1S/C21H26N2O3S/c1-4-18-20(25)23(21(27-18)16-10-8-15(2)9-11-16)13-6-12-22(3)19(24)17-7-5-14-26-17/h5,7-11,14,18,21H,4,6,12-13H2,1-3H3/t18-,21-/m1/s1. The monoisotopic (exact) mass is 386 g/mol. The van der Waals surface area contributed by atoms with Crippen molar-refractivity contribution in [3.8, 4) is 0 Å². The molecule has 0 N–H and O–H groups in total. The number of thioether (sulfide) groups is 1. The molecule has 0 radical (unpaired) electrons. The minimum Gasteiger partial charge on any atom is -0.459 e. The van der Waals surface area contributed by atoms with Gasteiger partial charge >= 0.3 is 0 Å². The van der Waals surface area contributed by atoms with E-state index in [-0.39, 0.29) is 22.4 Å². The second kappa shape index (κ2) is 8.65. The fraction of sp³-hybridized carbons (Fsp3) is 0.429. The van der Waals surface area contributed by atoms with Gasteiger partial charge in [-0.25, -0.2) is 0 Å². The van der Waals surface area contributed by atoms with Crippen molar-refractivity contribution in [1.29, 1.82) is 0 Å². The van der Waals surface area contributed by atoms with Crippen LogP contribution in [0, 0.1) is 6.92 Å². The lowest BCUT2D eigenvalue weighted by Crippen LogP contribution is -2.35. The van der Waals surface area contributed by atoms with Crippen LogP contribution in [0.5, 0.6) is 0 Å². The molecule has 1 saturated heterocycles. The molecule has 0 spiro atoms. The van der Waals surface area contributed by atoms with Gasteiger partial charge in [-0.2, -0.15) is 0 Å². The number of nitrogens with zero attached hydrogens (tertiary/aromatic N) is 2. The van der Waals surface area contributed by atoms with Gasteiger partial charge in [0.2, 0.25) is 5.91 Å². The van der Waals surface area contributed by atoms with Crippen molar-refractivity contribution < 1.29 is 14.0 Å². The number of carbonyl (C=O) groups excluding carboxylic acids is 2. The molecule has 1 aromatic carbocycles. The molecule has 0 saturated carbocycles. The summed E-state index contributed by atoms with van der Waals surface area (Å²) in [5.74, 6) is 0.408. The highest BCUT2D eigenvalue weighted by Crippen LogP contribution is 2.44. The van der Waals surface area contributed by atoms with Gasteiger partial charge in [0.25, 0.3) is 5.91 Å². The largest absolute Gasteiger partial charge is 0.459 e.